The van der Waals surface area contributed by atoms with Crippen molar-refractivity contribution in [2.24, 2.45) is 13.0 Å². The van der Waals surface area contributed by atoms with E-state index in [-0.39, 0.29) is 5.91 Å². The Morgan fingerprint density at radius 3 is 2.74 bits per heavy atom. The lowest BCUT2D eigenvalue weighted by Crippen LogP contribution is -2.47. The van der Waals surface area contributed by atoms with Crippen LogP contribution in [0.15, 0.2) is 35.7 Å². The number of nitrogens with zero attached hydrogens (tertiary/aromatic N) is 5. The Kier molecular flexibility index (Phi) is 7.63. The maximum atomic E-state index is 13.0. The molecule has 0 N–H and O–H groups in total. The molecule has 1 atom stereocenters. The van der Waals surface area contributed by atoms with E-state index < -0.39 is 0 Å². The maximum absolute atomic E-state index is 13.0. The molecule has 0 saturated carbocycles. The molecule has 1 amide bonds. The number of carbonyl (C=O) groups is 1. The predicted octanol–water partition coefficient (Wildman–Crippen LogP) is 2.26. The fourth-order valence-electron chi connectivity index (χ4n) is 4.82. The van der Waals surface area contributed by atoms with E-state index in [9.17, 15) is 4.79 Å². The number of fused-ring (bicyclic) bond motifs is 1. The summed E-state index contributed by atoms with van der Waals surface area (Å²) in [6.45, 7) is 4.25. The van der Waals surface area contributed by atoms with Crippen LogP contribution in [0.1, 0.15) is 24.0 Å². The average molecular weight is 444 g/mol. The van der Waals surface area contributed by atoms with Crippen molar-refractivity contribution in [1.29, 1.82) is 0 Å². The van der Waals surface area contributed by atoms with Crippen molar-refractivity contribution in [3.8, 4) is 0 Å². The van der Waals surface area contributed by atoms with Gasteiger partial charge in [0.05, 0.1) is 12.4 Å². The molecule has 1 aromatic heterocycles. The Balaban J connectivity index is 1.33. The van der Waals surface area contributed by atoms with Crippen molar-refractivity contribution in [3.05, 3.63) is 41.7 Å². The largest absolute Gasteiger partial charge is 0.383 e. The molecule has 8 heteroatoms. The van der Waals surface area contributed by atoms with Gasteiger partial charge < -0.3 is 14.2 Å². The Bertz CT molecular complexity index is 848. The van der Waals surface area contributed by atoms with Gasteiger partial charge in [0.1, 0.15) is 6.33 Å². The van der Waals surface area contributed by atoms with Crippen LogP contribution in [0.3, 0.4) is 0 Å². The molecule has 0 spiro atoms. The molecule has 1 aliphatic carbocycles. The first-order chi connectivity index (χ1) is 15.1. The number of likely N-dealkylation sites (tertiary alicyclic amines) is 1. The van der Waals surface area contributed by atoms with Crippen LogP contribution in [0, 0.1) is 5.92 Å². The summed E-state index contributed by atoms with van der Waals surface area (Å²) in [6, 6.07) is 9.46. The second kappa shape index (κ2) is 10.6. The van der Waals surface area contributed by atoms with Gasteiger partial charge in [-0.15, -0.1) is 10.2 Å². The number of methoxy groups -OCH3 is 1. The normalized spacial score (nSPS) is 19.5. The van der Waals surface area contributed by atoms with E-state index in [4.69, 9.17) is 4.74 Å². The van der Waals surface area contributed by atoms with Crippen LogP contribution < -0.4 is 0 Å². The maximum Gasteiger partial charge on any atom is 0.233 e. The zero-order valence-electron chi connectivity index (χ0n) is 18.6. The number of thioether (sulfide) groups is 1. The second-order valence-electron chi connectivity index (χ2n) is 8.68. The molecule has 0 unspecified atom stereocenters. The Morgan fingerprint density at radius 2 is 2.06 bits per heavy atom. The number of amides is 1. The second-order valence-corrected chi connectivity index (χ2v) is 9.62. The average Bonchev–Trinajstić information content (AvgIpc) is 3.41. The third kappa shape index (κ3) is 5.67. The van der Waals surface area contributed by atoms with Crippen LogP contribution in [0.4, 0.5) is 0 Å². The summed E-state index contributed by atoms with van der Waals surface area (Å²) in [5.74, 6) is 1.04. The van der Waals surface area contributed by atoms with Crippen LogP contribution in [0.5, 0.6) is 0 Å². The molecule has 168 valence electrons. The molecule has 0 radical (unpaired) electrons. The highest BCUT2D eigenvalue weighted by Gasteiger charge is 2.31. The van der Waals surface area contributed by atoms with Gasteiger partial charge in [-0.05, 0) is 49.3 Å². The molecule has 1 saturated heterocycles. The van der Waals surface area contributed by atoms with Crippen LogP contribution in [0.2, 0.25) is 0 Å². The molecular weight excluding hydrogens is 410 g/mol. The number of aryl methyl sites for hydroxylation is 1. The number of carbonyl (C=O) groups excluding carboxylic acids is 1. The van der Waals surface area contributed by atoms with Gasteiger partial charge in [0.2, 0.25) is 5.91 Å². The van der Waals surface area contributed by atoms with Gasteiger partial charge in [0, 0.05) is 39.8 Å². The third-order valence-electron chi connectivity index (χ3n) is 6.49. The van der Waals surface area contributed by atoms with Gasteiger partial charge in [0.25, 0.3) is 0 Å². The van der Waals surface area contributed by atoms with Gasteiger partial charge in [-0.1, -0.05) is 36.0 Å². The van der Waals surface area contributed by atoms with E-state index >= 15 is 0 Å². The van der Waals surface area contributed by atoms with Gasteiger partial charge in [0.15, 0.2) is 5.16 Å². The molecule has 2 aromatic rings. The van der Waals surface area contributed by atoms with E-state index in [0.29, 0.717) is 30.9 Å². The smallest absolute Gasteiger partial charge is 0.233 e. The van der Waals surface area contributed by atoms with Crippen LogP contribution in [-0.4, -0.2) is 82.2 Å². The number of benzene rings is 1. The summed E-state index contributed by atoms with van der Waals surface area (Å²) in [6.07, 6.45) is 6.36. The van der Waals surface area contributed by atoms with Crippen LogP contribution >= 0.6 is 11.8 Å². The minimum Gasteiger partial charge on any atom is -0.383 e. The molecule has 2 aliphatic rings. The van der Waals surface area contributed by atoms with Gasteiger partial charge in [-0.25, -0.2) is 0 Å². The van der Waals surface area contributed by atoms with Gasteiger partial charge in [-0.2, -0.15) is 0 Å². The van der Waals surface area contributed by atoms with Crippen molar-refractivity contribution >= 4 is 17.7 Å². The highest BCUT2D eigenvalue weighted by molar-refractivity contribution is 7.99. The zero-order valence-corrected chi connectivity index (χ0v) is 19.4. The molecule has 4 rings (SSSR count). The van der Waals surface area contributed by atoms with Crippen molar-refractivity contribution in [3.63, 3.8) is 0 Å². The summed E-state index contributed by atoms with van der Waals surface area (Å²) in [7, 11) is 3.59. The minimum atomic E-state index is 0.149. The lowest BCUT2D eigenvalue weighted by atomic mass is 9.95. The topological polar surface area (TPSA) is 63.5 Å². The molecule has 0 bridgehead atoms. The fourth-order valence-corrected chi connectivity index (χ4v) is 5.61. The van der Waals surface area contributed by atoms with E-state index in [1.165, 1.54) is 42.3 Å². The molecular formula is C23H33N5O2S. The lowest BCUT2D eigenvalue weighted by Gasteiger charge is -2.38. The summed E-state index contributed by atoms with van der Waals surface area (Å²) in [4.78, 5) is 17.7. The number of rotatable bonds is 9. The van der Waals surface area contributed by atoms with Gasteiger partial charge >= 0.3 is 0 Å². The monoisotopic (exact) mass is 443 g/mol. The number of piperidine rings is 1. The van der Waals surface area contributed by atoms with E-state index in [1.807, 2.05) is 16.5 Å². The van der Waals surface area contributed by atoms with Crippen molar-refractivity contribution in [2.45, 2.75) is 36.9 Å². The highest BCUT2D eigenvalue weighted by Crippen LogP contribution is 2.29. The van der Waals surface area contributed by atoms with Crippen LogP contribution in [0.25, 0.3) is 0 Å². The van der Waals surface area contributed by atoms with Crippen LogP contribution in [-0.2, 0) is 29.4 Å². The molecule has 2 heterocycles. The number of ether oxygens (including phenoxy) is 1. The van der Waals surface area contributed by atoms with E-state index in [0.717, 1.165) is 31.1 Å². The summed E-state index contributed by atoms with van der Waals surface area (Å²) in [5.41, 5.74) is 3.01. The standard InChI is InChI=1S/C23H33N5O2S/c1-26-17-24-25-23(26)31-16-22(29)28(10-11-30-2)15-18-6-5-9-27(14-18)21-12-19-7-3-4-8-20(19)13-21/h3-4,7-8,17-18,21H,5-6,9-16H2,1-2H3/t18-/m0/s1. The molecule has 31 heavy (non-hydrogen) atoms. The van der Waals surface area contributed by atoms with Crippen molar-refractivity contribution in [2.75, 3.05) is 45.6 Å². The Morgan fingerprint density at radius 1 is 1.29 bits per heavy atom. The van der Waals surface area contributed by atoms with Crippen molar-refractivity contribution < 1.29 is 9.53 Å². The summed E-state index contributed by atoms with van der Waals surface area (Å²) >= 11 is 1.45. The summed E-state index contributed by atoms with van der Waals surface area (Å²) < 4.78 is 7.13. The third-order valence-corrected chi connectivity index (χ3v) is 7.51. The minimum absolute atomic E-state index is 0.149. The Labute approximate surface area is 189 Å². The summed E-state index contributed by atoms with van der Waals surface area (Å²) in [5, 5.41) is 8.73. The SMILES string of the molecule is COCCN(C[C@H]1CCCN(C2Cc3ccccc3C2)C1)C(=O)CSc1nncn1C. The molecule has 1 aromatic carbocycles. The molecule has 1 aliphatic heterocycles. The van der Waals surface area contributed by atoms with Gasteiger partial charge in [-0.3, -0.25) is 9.69 Å². The predicted molar refractivity (Wildman–Crippen MR) is 122 cm³/mol. The number of hydrogen-bond acceptors (Lipinski definition) is 6. The molecule has 7 nitrogen and oxygen atoms in total. The van der Waals surface area contributed by atoms with E-state index in [1.54, 1.807) is 13.4 Å². The van der Waals surface area contributed by atoms with Crippen molar-refractivity contribution in [1.82, 2.24) is 24.6 Å². The Hall–Kier alpha value is -1.90. The first-order valence-corrected chi connectivity index (χ1v) is 12.2. The first kappa shape index (κ1) is 22.3. The fraction of sp³-hybridized carbons (Fsp3) is 0.609. The highest BCUT2D eigenvalue weighted by atomic mass is 32.2. The number of hydrogen-bond donors (Lipinski definition) is 0. The quantitative estimate of drug-likeness (QED) is 0.554. The first-order valence-electron chi connectivity index (χ1n) is 11.2. The zero-order chi connectivity index (χ0) is 21.6. The number of aromatic nitrogens is 3. The lowest BCUT2D eigenvalue weighted by molar-refractivity contribution is -0.130. The molecule has 1 fully saturated rings. The van der Waals surface area contributed by atoms with E-state index in [2.05, 4.69) is 39.4 Å².